The number of fused-ring (bicyclic) bond motifs is 1. The van der Waals surface area contributed by atoms with E-state index in [-0.39, 0.29) is 6.04 Å². The molecule has 2 heteroatoms. The van der Waals surface area contributed by atoms with E-state index in [4.69, 9.17) is 11.6 Å². The monoisotopic (exact) mass is 299 g/mol. The molecule has 0 saturated carbocycles. The summed E-state index contributed by atoms with van der Waals surface area (Å²) in [4.78, 5) is 0. The summed E-state index contributed by atoms with van der Waals surface area (Å²) in [6.45, 7) is 2.20. The Kier molecular flexibility index (Phi) is 4.62. The number of hydrogen-bond acceptors (Lipinski definition) is 1. The number of nitrogens with one attached hydrogen (secondary N) is 1. The van der Waals surface area contributed by atoms with E-state index in [0.29, 0.717) is 6.04 Å². The van der Waals surface area contributed by atoms with Crippen LogP contribution in [0.4, 0.5) is 0 Å². The molecule has 21 heavy (non-hydrogen) atoms. The smallest absolute Gasteiger partial charge is 0.0453 e. The van der Waals surface area contributed by atoms with Gasteiger partial charge in [-0.05, 0) is 48.9 Å². The highest BCUT2D eigenvalue weighted by Gasteiger charge is 2.20. The maximum Gasteiger partial charge on any atom is 0.0453 e. The van der Waals surface area contributed by atoms with Crippen LogP contribution in [0.5, 0.6) is 0 Å². The van der Waals surface area contributed by atoms with Gasteiger partial charge in [-0.15, -0.1) is 0 Å². The zero-order valence-electron chi connectivity index (χ0n) is 12.5. The summed E-state index contributed by atoms with van der Waals surface area (Å²) in [7, 11) is 0. The Bertz CT molecular complexity index is 608. The van der Waals surface area contributed by atoms with Gasteiger partial charge in [0.25, 0.3) is 0 Å². The topological polar surface area (TPSA) is 12.0 Å². The van der Waals surface area contributed by atoms with Gasteiger partial charge in [0, 0.05) is 17.1 Å². The fraction of sp³-hybridized carbons (Fsp3) is 0.368. The van der Waals surface area contributed by atoms with Crippen LogP contribution in [0.1, 0.15) is 55.0 Å². The molecular weight excluding hydrogens is 278 g/mol. The SMILES string of the molecule is CC(NC1CCCCc2ccccc21)c1ccccc1Cl. The summed E-state index contributed by atoms with van der Waals surface area (Å²) < 4.78 is 0. The second-order valence-electron chi connectivity index (χ2n) is 5.91. The molecule has 2 unspecified atom stereocenters. The number of rotatable bonds is 3. The molecule has 0 radical (unpaired) electrons. The summed E-state index contributed by atoms with van der Waals surface area (Å²) in [5.74, 6) is 0. The minimum Gasteiger partial charge on any atom is -0.303 e. The fourth-order valence-corrected chi connectivity index (χ4v) is 3.61. The molecule has 0 aliphatic heterocycles. The van der Waals surface area contributed by atoms with Crippen molar-refractivity contribution < 1.29 is 0 Å². The van der Waals surface area contributed by atoms with E-state index in [0.717, 1.165) is 5.02 Å². The molecule has 0 saturated heterocycles. The summed E-state index contributed by atoms with van der Waals surface area (Å²) >= 11 is 6.33. The highest BCUT2D eigenvalue weighted by molar-refractivity contribution is 6.31. The Balaban J connectivity index is 1.83. The molecule has 2 aromatic rings. The first-order valence-electron chi connectivity index (χ1n) is 7.84. The van der Waals surface area contributed by atoms with Crippen LogP contribution >= 0.6 is 11.6 Å². The molecule has 0 fully saturated rings. The molecule has 0 bridgehead atoms. The first-order chi connectivity index (χ1) is 10.3. The maximum absolute atomic E-state index is 6.33. The van der Waals surface area contributed by atoms with Crippen molar-refractivity contribution in [3.05, 3.63) is 70.2 Å². The normalized spacial score (nSPS) is 19.6. The van der Waals surface area contributed by atoms with Gasteiger partial charge in [0.2, 0.25) is 0 Å². The van der Waals surface area contributed by atoms with E-state index in [1.165, 1.54) is 42.4 Å². The van der Waals surface area contributed by atoms with Crippen molar-refractivity contribution in [3.8, 4) is 0 Å². The maximum atomic E-state index is 6.33. The number of aryl methyl sites for hydroxylation is 1. The summed E-state index contributed by atoms with van der Waals surface area (Å²) in [5, 5.41) is 4.63. The predicted octanol–water partition coefficient (Wildman–Crippen LogP) is 5.46. The molecule has 1 aliphatic carbocycles. The van der Waals surface area contributed by atoms with Gasteiger partial charge < -0.3 is 5.32 Å². The first kappa shape index (κ1) is 14.6. The molecule has 0 heterocycles. The second kappa shape index (κ2) is 6.64. The fourth-order valence-electron chi connectivity index (χ4n) is 3.31. The Labute approximate surface area is 132 Å². The molecule has 0 aromatic heterocycles. The minimum atomic E-state index is 0.259. The van der Waals surface area contributed by atoms with Crippen molar-refractivity contribution in [1.29, 1.82) is 0 Å². The van der Waals surface area contributed by atoms with Crippen molar-refractivity contribution in [2.45, 2.75) is 44.7 Å². The van der Waals surface area contributed by atoms with Crippen molar-refractivity contribution in [1.82, 2.24) is 5.32 Å². The molecule has 1 aliphatic rings. The zero-order chi connectivity index (χ0) is 14.7. The van der Waals surface area contributed by atoms with Gasteiger partial charge >= 0.3 is 0 Å². The minimum absolute atomic E-state index is 0.259. The number of benzene rings is 2. The van der Waals surface area contributed by atoms with Gasteiger partial charge in [-0.1, -0.05) is 60.5 Å². The molecule has 0 amide bonds. The average molecular weight is 300 g/mol. The molecule has 110 valence electrons. The van der Waals surface area contributed by atoms with Crippen molar-refractivity contribution in [2.75, 3.05) is 0 Å². The third-order valence-corrected chi connectivity index (χ3v) is 4.79. The van der Waals surface area contributed by atoms with Crippen LogP contribution in [-0.2, 0) is 6.42 Å². The lowest BCUT2D eigenvalue weighted by atomic mass is 9.97. The lowest BCUT2D eigenvalue weighted by Crippen LogP contribution is -2.25. The van der Waals surface area contributed by atoms with E-state index in [1.807, 2.05) is 12.1 Å². The summed E-state index contributed by atoms with van der Waals surface area (Å²) in [6.07, 6.45) is 4.97. The Hall–Kier alpha value is -1.31. The zero-order valence-corrected chi connectivity index (χ0v) is 13.2. The van der Waals surface area contributed by atoms with Crippen LogP contribution in [0.15, 0.2) is 48.5 Å². The first-order valence-corrected chi connectivity index (χ1v) is 8.22. The highest BCUT2D eigenvalue weighted by atomic mass is 35.5. The standard InChI is InChI=1S/C19H22ClN/c1-14(16-10-5-6-12-18(16)20)21-19-13-7-3-9-15-8-2-4-11-17(15)19/h2,4-6,8,10-12,14,19,21H,3,7,9,13H2,1H3. The Morgan fingerprint density at radius 3 is 2.67 bits per heavy atom. The van der Waals surface area contributed by atoms with E-state index in [2.05, 4.69) is 48.6 Å². The molecule has 3 rings (SSSR count). The quantitative estimate of drug-likeness (QED) is 0.742. The van der Waals surface area contributed by atoms with Gasteiger partial charge in [-0.25, -0.2) is 0 Å². The van der Waals surface area contributed by atoms with Gasteiger partial charge in [0.05, 0.1) is 0 Å². The Morgan fingerprint density at radius 2 is 1.81 bits per heavy atom. The largest absolute Gasteiger partial charge is 0.303 e. The molecular formula is C19H22ClN. The third-order valence-electron chi connectivity index (χ3n) is 4.44. The van der Waals surface area contributed by atoms with Crippen LogP contribution in [0.25, 0.3) is 0 Å². The number of hydrogen-bond donors (Lipinski definition) is 1. The van der Waals surface area contributed by atoms with Crippen LogP contribution in [0.2, 0.25) is 5.02 Å². The average Bonchev–Trinajstić information content (AvgIpc) is 2.70. The van der Waals surface area contributed by atoms with Gasteiger partial charge in [0.15, 0.2) is 0 Å². The van der Waals surface area contributed by atoms with E-state index in [1.54, 1.807) is 0 Å². The van der Waals surface area contributed by atoms with Crippen LogP contribution < -0.4 is 5.32 Å². The van der Waals surface area contributed by atoms with Gasteiger partial charge in [0.1, 0.15) is 0 Å². The summed E-state index contributed by atoms with van der Waals surface area (Å²) in [5.41, 5.74) is 4.15. The van der Waals surface area contributed by atoms with Crippen LogP contribution in [-0.4, -0.2) is 0 Å². The molecule has 2 atom stereocenters. The predicted molar refractivity (Wildman–Crippen MR) is 89.7 cm³/mol. The van der Waals surface area contributed by atoms with Crippen LogP contribution in [0, 0.1) is 0 Å². The lowest BCUT2D eigenvalue weighted by Gasteiger charge is -2.25. The highest BCUT2D eigenvalue weighted by Crippen LogP contribution is 2.32. The van der Waals surface area contributed by atoms with Gasteiger partial charge in [-0.3, -0.25) is 0 Å². The van der Waals surface area contributed by atoms with Crippen LogP contribution in [0.3, 0.4) is 0 Å². The molecule has 1 N–H and O–H groups in total. The van der Waals surface area contributed by atoms with Gasteiger partial charge in [-0.2, -0.15) is 0 Å². The van der Waals surface area contributed by atoms with E-state index < -0.39 is 0 Å². The van der Waals surface area contributed by atoms with Crippen molar-refractivity contribution in [3.63, 3.8) is 0 Å². The summed E-state index contributed by atoms with van der Waals surface area (Å²) in [6, 6.07) is 17.7. The van der Waals surface area contributed by atoms with Crippen molar-refractivity contribution >= 4 is 11.6 Å². The van der Waals surface area contributed by atoms with E-state index in [9.17, 15) is 0 Å². The molecule has 0 spiro atoms. The number of halogens is 1. The van der Waals surface area contributed by atoms with Crippen molar-refractivity contribution in [2.24, 2.45) is 0 Å². The Morgan fingerprint density at radius 1 is 1.05 bits per heavy atom. The molecule has 2 aromatic carbocycles. The third kappa shape index (κ3) is 3.30. The second-order valence-corrected chi connectivity index (χ2v) is 6.31. The lowest BCUT2D eigenvalue weighted by molar-refractivity contribution is 0.437. The molecule has 1 nitrogen and oxygen atoms in total. The van der Waals surface area contributed by atoms with E-state index >= 15 is 0 Å².